The highest BCUT2D eigenvalue weighted by molar-refractivity contribution is 7.86. The van der Waals surface area contributed by atoms with Gasteiger partial charge in [0.15, 0.2) is 5.03 Å². The van der Waals surface area contributed by atoms with Crippen molar-refractivity contribution in [3.8, 4) is 5.88 Å². The van der Waals surface area contributed by atoms with Crippen molar-refractivity contribution in [2.45, 2.75) is 11.4 Å². The van der Waals surface area contributed by atoms with E-state index in [1.807, 2.05) is 0 Å². The van der Waals surface area contributed by atoms with Crippen LogP contribution in [0.4, 0.5) is 17.1 Å². The lowest BCUT2D eigenvalue weighted by Gasteiger charge is -2.07. The first kappa shape index (κ1) is 11.7. The van der Waals surface area contributed by atoms with Gasteiger partial charge < -0.3 is 4.74 Å². The fourth-order valence-corrected chi connectivity index (χ4v) is 1.15. The molecule has 0 fully saturated rings. The van der Waals surface area contributed by atoms with Crippen LogP contribution in [0.5, 0.6) is 5.88 Å². The van der Waals surface area contributed by atoms with Crippen molar-refractivity contribution in [3.05, 3.63) is 18.2 Å². The summed E-state index contributed by atoms with van der Waals surface area (Å²) in [6.45, 7) is 0. The molecule has 0 spiro atoms. The lowest BCUT2D eigenvalue weighted by atomic mass is 10.5. The third-order valence-electron chi connectivity index (χ3n) is 1.17. The maximum atomic E-state index is 12.3. The van der Waals surface area contributed by atoms with Crippen LogP contribution in [0.1, 0.15) is 0 Å². The second kappa shape index (κ2) is 3.65. The molecule has 0 atom stereocenters. The van der Waals surface area contributed by atoms with Gasteiger partial charge in [-0.3, -0.25) is 0 Å². The van der Waals surface area contributed by atoms with Gasteiger partial charge in [-0.05, 0) is 6.07 Å². The van der Waals surface area contributed by atoms with Crippen LogP contribution in [0.15, 0.2) is 23.2 Å². The van der Waals surface area contributed by atoms with E-state index in [4.69, 9.17) is 0 Å². The standard InChI is InChI=1S/C6H3F4NO3S/c7-6(8,9)14-4-2-1-3-5(11-4)15(10,12)13/h1-3H. The predicted octanol–water partition coefficient (Wildman–Crippen LogP) is 1.64. The molecule has 0 radical (unpaired) electrons. The average Bonchev–Trinajstić information content (AvgIpc) is 1.99. The van der Waals surface area contributed by atoms with Gasteiger partial charge in [-0.25, -0.2) is 0 Å². The molecular weight excluding hydrogens is 242 g/mol. The van der Waals surface area contributed by atoms with Gasteiger partial charge in [0.05, 0.1) is 0 Å². The van der Waals surface area contributed by atoms with Gasteiger partial charge in [0.1, 0.15) is 0 Å². The Balaban J connectivity index is 3.04. The van der Waals surface area contributed by atoms with Crippen molar-refractivity contribution >= 4 is 10.2 Å². The van der Waals surface area contributed by atoms with Crippen molar-refractivity contribution in [3.63, 3.8) is 0 Å². The largest absolute Gasteiger partial charge is 0.574 e. The van der Waals surface area contributed by atoms with E-state index >= 15 is 0 Å². The Morgan fingerprint density at radius 3 is 2.33 bits per heavy atom. The minimum absolute atomic E-state index is 0.707. The van der Waals surface area contributed by atoms with Crippen LogP contribution < -0.4 is 4.74 Å². The summed E-state index contributed by atoms with van der Waals surface area (Å²) in [4.78, 5) is 2.82. The van der Waals surface area contributed by atoms with Crippen molar-refractivity contribution in [1.29, 1.82) is 0 Å². The lowest BCUT2D eigenvalue weighted by molar-refractivity contribution is -0.276. The van der Waals surface area contributed by atoms with E-state index in [2.05, 4.69) is 9.72 Å². The quantitative estimate of drug-likeness (QED) is 0.587. The number of hydrogen-bond acceptors (Lipinski definition) is 4. The van der Waals surface area contributed by atoms with Crippen LogP contribution in [-0.2, 0) is 10.2 Å². The summed E-state index contributed by atoms with van der Waals surface area (Å²) in [5.41, 5.74) is 0. The second-order valence-electron chi connectivity index (χ2n) is 2.30. The van der Waals surface area contributed by atoms with E-state index in [0.717, 1.165) is 12.1 Å². The normalized spacial score (nSPS) is 12.5. The third-order valence-corrected chi connectivity index (χ3v) is 1.90. The van der Waals surface area contributed by atoms with Crippen molar-refractivity contribution in [2.24, 2.45) is 0 Å². The Morgan fingerprint density at radius 2 is 1.87 bits per heavy atom. The highest BCUT2D eigenvalue weighted by Crippen LogP contribution is 2.22. The van der Waals surface area contributed by atoms with Crippen LogP contribution in [0.2, 0.25) is 0 Å². The fourth-order valence-electron chi connectivity index (χ4n) is 0.707. The minimum atomic E-state index is -5.14. The number of nitrogens with zero attached hydrogens (tertiary/aromatic N) is 1. The molecule has 0 unspecified atom stereocenters. The monoisotopic (exact) mass is 245 g/mol. The number of ether oxygens (including phenoxy) is 1. The van der Waals surface area contributed by atoms with Gasteiger partial charge in [0.2, 0.25) is 5.88 Å². The molecule has 9 heteroatoms. The average molecular weight is 245 g/mol. The Bertz CT molecular complexity index is 456. The van der Waals surface area contributed by atoms with Crippen LogP contribution in [-0.4, -0.2) is 19.8 Å². The zero-order chi connectivity index (χ0) is 11.7. The summed E-state index contributed by atoms with van der Waals surface area (Å²) in [6, 6.07) is 2.33. The van der Waals surface area contributed by atoms with Gasteiger partial charge in [-0.15, -0.1) is 13.2 Å². The molecule has 1 aromatic rings. The summed E-state index contributed by atoms with van der Waals surface area (Å²) in [5, 5.41) is -1.13. The number of halogens is 4. The Labute approximate surface area is 81.7 Å². The number of aromatic nitrogens is 1. The number of alkyl halides is 3. The summed E-state index contributed by atoms with van der Waals surface area (Å²) in [7, 11) is -5.14. The van der Waals surface area contributed by atoms with E-state index in [9.17, 15) is 25.5 Å². The number of hydrogen-bond donors (Lipinski definition) is 0. The molecule has 1 heterocycles. The van der Waals surface area contributed by atoms with Gasteiger partial charge in [0.25, 0.3) is 0 Å². The number of rotatable bonds is 2. The van der Waals surface area contributed by atoms with Crippen LogP contribution in [0.3, 0.4) is 0 Å². The summed E-state index contributed by atoms with van der Waals surface area (Å²) < 4.78 is 71.2. The van der Waals surface area contributed by atoms with Gasteiger partial charge in [0, 0.05) is 6.07 Å². The predicted molar refractivity (Wildman–Crippen MR) is 39.2 cm³/mol. The minimum Gasteiger partial charge on any atom is -0.388 e. The SMILES string of the molecule is O=S(=O)(F)c1cccc(OC(F)(F)F)n1. The molecule has 0 bridgehead atoms. The van der Waals surface area contributed by atoms with Crippen LogP contribution in [0, 0.1) is 0 Å². The third kappa shape index (κ3) is 3.70. The molecule has 0 aliphatic heterocycles. The van der Waals surface area contributed by atoms with Gasteiger partial charge in [-0.2, -0.15) is 13.4 Å². The molecule has 0 aliphatic rings. The molecule has 15 heavy (non-hydrogen) atoms. The molecule has 1 rings (SSSR count). The lowest BCUT2D eigenvalue weighted by Crippen LogP contribution is -2.18. The highest BCUT2D eigenvalue weighted by atomic mass is 32.3. The first-order chi connectivity index (χ1) is 6.68. The number of pyridine rings is 1. The zero-order valence-electron chi connectivity index (χ0n) is 6.82. The zero-order valence-corrected chi connectivity index (χ0v) is 7.64. The first-order valence-electron chi connectivity index (χ1n) is 3.36. The van der Waals surface area contributed by atoms with E-state index in [1.165, 1.54) is 0 Å². The van der Waals surface area contributed by atoms with Crippen LogP contribution >= 0.6 is 0 Å². The Kier molecular flexibility index (Phi) is 2.84. The van der Waals surface area contributed by atoms with E-state index in [-0.39, 0.29) is 0 Å². The van der Waals surface area contributed by atoms with E-state index in [0.29, 0.717) is 6.07 Å². The molecule has 0 aliphatic carbocycles. The maximum Gasteiger partial charge on any atom is 0.574 e. The van der Waals surface area contributed by atoms with Crippen molar-refractivity contribution in [2.75, 3.05) is 0 Å². The maximum absolute atomic E-state index is 12.3. The summed E-state index contributed by atoms with van der Waals surface area (Å²) in [5.74, 6) is -1.04. The highest BCUT2D eigenvalue weighted by Gasteiger charge is 2.32. The van der Waals surface area contributed by atoms with E-state index in [1.54, 1.807) is 0 Å². The molecule has 4 nitrogen and oxygen atoms in total. The van der Waals surface area contributed by atoms with Gasteiger partial charge >= 0.3 is 16.6 Å². The summed E-state index contributed by atoms with van der Waals surface area (Å²) in [6.07, 6.45) is -5.01. The first-order valence-corrected chi connectivity index (χ1v) is 4.74. The fraction of sp³-hybridized carbons (Fsp3) is 0.167. The van der Waals surface area contributed by atoms with Gasteiger partial charge in [-0.1, -0.05) is 9.95 Å². The molecular formula is C6H3F4NO3S. The topological polar surface area (TPSA) is 56.3 Å². The molecule has 1 aromatic heterocycles. The Morgan fingerprint density at radius 1 is 1.27 bits per heavy atom. The van der Waals surface area contributed by atoms with E-state index < -0.39 is 27.5 Å². The molecule has 0 saturated carbocycles. The summed E-state index contributed by atoms with van der Waals surface area (Å²) >= 11 is 0. The molecule has 0 aromatic carbocycles. The molecule has 0 N–H and O–H groups in total. The Hall–Kier alpha value is -1.38. The van der Waals surface area contributed by atoms with Crippen LogP contribution in [0.25, 0.3) is 0 Å². The molecule has 0 amide bonds. The van der Waals surface area contributed by atoms with Crippen molar-refractivity contribution in [1.82, 2.24) is 4.98 Å². The van der Waals surface area contributed by atoms with Crippen molar-refractivity contribution < 1.29 is 30.2 Å². The molecule has 0 saturated heterocycles. The molecule has 84 valence electrons. The second-order valence-corrected chi connectivity index (χ2v) is 3.59. The smallest absolute Gasteiger partial charge is 0.388 e.